The molecule has 0 atom stereocenters. The molecule has 1 aliphatic rings. The van der Waals surface area contributed by atoms with Crippen LogP contribution in [0.1, 0.15) is 45.4 Å². The molecule has 1 fully saturated rings. The van der Waals surface area contributed by atoms with Crippen molar-refractivity contribution in [1.29, 1.82) is 0 Å². The minimum Gasteiger partial charge on any atom is -0.494 e. The second-order valence-electron chi connectivity index (χ2n) is 12.5. The van der Waals surface area contributed by atoms with Crippen molar-refractivity contribution in [3.8, 4) is 11.5 Å². The van der Waals surface area contributed by atoms with Gasteiger partial charge in [0, 0.05) is 58.4 Å². The van der Waals surface area contributed by atoms with E-state index in [-0.39, 0.29) is 5.91 Å². The Kier molecular flexibility index (Phi) is 11.4. The lowest BCUT2D eigenvalue weighted by molar-refractivity contribution is 0.0358. The Balaban J connectivity index is 1.28. The third kappa shape index (κ3) is 7.73. The number of carbonyl (C=O) groups excluding carboxylic acids is 2. The van der Waals surface area contributed by atoms with E-state index in [1.807, 2.05) is 47.3 Å². The maximum Gasteiger partial charge on any atom is 0.276 e. The number of nitrogens with one attached hydrogen (secondary N) is 2. The van der Waals surface area contributed by atoms with Crippen LogP contribution in [0.2, 0.25) is 0 Å². The zero-order chi connectivity index (χ0) is 36.8. The van der Waals surface area contributed by atoms with Gasteiger partial charge in [-0.3, -0.25) is 24.5 Å². The van der Waals surface area contributed by atoms with E-state index in [9.17, 15) is 9.59 Å². The van der Waals surface area contributed by atoms with Gasteiger partial charge in [-0.1, -0.05) is 12.2 Å². The van der Waals surface area contributed by atoms with Crippen molar-refractivity contribution in [2.75, 3.05) is 64.2 Å². The maximum absolute atomic E-state index is 13.5. The van der Waals surface area contributed by atoms with E-state index in [0.717, 1.165) is 61.6 Å². The summed E-state index contributed by atoms with van der Waals surface area (Å²) in [4.78, 5) is 37.6. The van der Waals surface area contributed by atoms with Gasteiger partial charge >= 0.3 is 0 Å². The molecule has 2 aromatic carbocycles. The van der Waals surface area contributed by atoms with Gasteiger partial charge in [0.25, 0.3) is 5.91 Å². The summed E-state index contributed by atoms with van der Waals surface area (Å²) in [5.74, 6) is 1.20. The molecule has 6 N–H and O–H groups in total. The van der Waals surface area contributed by atoms with Gasteiger partial charge in [-0.05, 0) is 56.2 Å². The molecule has 276 valence electrons. The van der Waals surface area contributed by atoms with Gasteiger partial charge < -0.3 is 40.1 Å². The topological polar surface area (TPSA) is 195 Å². The number of fused-ring (bicyclic) bond motifs is 2. The van der Waals surface area contributed by atoms with Gasteiger partial charge in [-0.2, -0.15) is 5.10 Å². The first-order chi connectivity index (χ1) is 25.2. The van der Waals surface area contributed by atoms with Crippen molar-refractivity contribution in [2.45, 2.75) is 46.4 Å². The summed E-state index contributed by atoms with van der Waals surface area (Å²) in [5, 5.41) is 10.6. The number of carbonyl (C=O) groups is 2. The van der Waals surface area contributed by atoms with E-state index in [1.165, 1.54) is 0 Å². The molecule has 3 aromatic heterocycles. The Hall–Kier alpha value is -5.45. The van der Waals surface area contributed by atoms with Crippen LogP contribution < -0.4 is 31.6 Å². The van der Waals surface area contributed by atoms with Crippen LogP contribution >= 0.6 is 0 Å². The maximum atomic E-state index is 13.5. The minimum absolute atomic E-state index is 0.308. The predicted octanol–water partition coefficient (Wildman–Crippen LogP) is 3.13. The SMILES string of the molecule is CCn1nc(C)cc1C(=O)Nc1nc2cc(CN)cc(OC)c2n1C/C=C/Cn1c(NC)nc2cc(C(N)=O)cc(OCCCN3CCOCC3)c21. The molecule has 0 saturated carbocycles. The summed E-state index contributed by atoms with van der Waals surface area (Å²) in [6.45, 7) is 10.0. The minimum atomic E-state index is -0.556. The molecular formula is C36H47N11O5. The third-order valence-electron chi connectivity index (χ3n) is 9.02. The molecule has 4 heterocycles. The summed E-state index contributed by atoms with van der Waals surface area (Å²) in [5.41, 5.74) is 16.7. The van der Waals surface area contributed by atoms with Crippen molar-refractivity contribution in [3.63, 3.8) is 0 Å². The number of hydrogen-bond acceptors (Lipinski definition) is 11. The molecule has 16 nitrogen and oxygen atoms in total. The van der Waals surface area contributed by atoms with Crippen LogP contribution in [0.5, 0.6) is 11.5 Å². The number of benzene rings is 2. The highest BCUT2D eigenvalue weighted by Gasteiger charge is 2.21. The van der Waals surface area contributed by atoms with Crippen LogP contribution in [0.4, 0.5) is 11.9 Å². The molecule has 0 aliphatic carbocycles. The fourth-order valence-electron chi connectivity index (χ4n) is 6.47. The molecule has 1 aliphatic heterocycles. The number of anilines is 2. The summed E-state index contributed by atoms with van der Waals surface area (Å²) in [7, 11) is 3.39. The van der Waals surface area contributed by atoms with E-state index >= 15 is 0 Å². The number of morpholine rings is 1. The first kappa shape index (κ1) is 36.3. The van der Waals surface area contributed by atoms with E-state index in [2.05, 4.69) is 20.6 Å². The molecule has 1 saturated heterocycles. The fraction of sp³-hybridized carbons (Fsp3) is 0.417. The van der Waals surface area contributed by atoms with Crippen LogP contribution in [0.15, 0.2) is 42.5 Å². The number of ether oxygens (including phenoxy) is 3. The Bertz CT molecular complexity index is 2090. The van der Waals surface area contributed by atoms with E-state index in [0.29, 0.717) is 78.5 Å². The van der Waals surface area contributed by atoms with Crippen LogP contribution in [-0.4, -0.2) is 99.2 Å². The third-order valence-corrected chi connectivity index (χ3v) is 9.02. The molecule has 0 bridgehead atoms. The largest absolute Gasteiger partial charge is 0.494 e. The molecule has 6 rings (SSSR count). The van der Waals surface area contributed by atoms with E-state index < -0.39 is 5.91 Å². The van der Waals surface area contributed by atoms with Crippen molar-refractivity contribution in [1.82, 2.24) is 33.8 Å². The highest BCUT2D eigenvalue weighted by Crippen LogP contribution is 2.33. The Morgan fingerprint density at radius 2 is 1.67 bits per heavy atom. The monoisotopic (exact) mass is 713 g/mol. The molecule has 0 radical (unpaired) electrons. The Labute approximate surface area is 301 Å². The number of nitrogens with two attached hydrogens (primary N) is 2. The van der Waals surface area contributed by atoms with E-state index in [4.69, 9.17) is 35.6 Å². The second-order valence-corrected chi connectivity index (χ2v) is 12.5. The van der Waals surface area contributed by atoms with Gasteiger partial charge in [0.2, 0.25) is 17.8 Å². The van der Waals surface area contributed by atoms with Crippen molar-refractivity contribution >= 4 is 45.8 Å². The number of aryl methyl sites for hydroxylation is 2. The molecular weight excluding hydrogens is 666 g/mol. The first-order valence-corrected chi connectivity index (χ1v) is 17.5. The van der Waals surface area contributed by atoms with Crippen molar-refractivity contribution in [3.05, 3.63) is 65.0 Å². The first-order valence-electron chi connectivity index (χ1n) is 17.5. The number of nitrogens with zero attached hydrogens (tertiary/aromatic N) is 7. The van der Waals surface area contributed by atoms with Crippen LogP contribution in [0.25, 0.3) is 22.1 Å². The molecule has 0 unspecified atom stereocenters. The van der Waals surface area contributed by atoms with Gasteiger partial charge in [0.05, 0.1) is 43.7 Å². The average Bonchev–Trinajstić information content (AvgIpc) is 3.83. The average molecular weight is 714 g/mol. The number of methoxy groups -OCH3 is 1. The number of amides is 2. The van der Waals surface area contributed by atoms with Gasteiger partial charge in [0.15, 0.2) is 0 Å². The number of rotatable bonds is 16. The van der Waals surface area contributed by atoms with Crippen molar-refractivity contribution < 1.29 is 23.8 Å². The van der Waals surface area contributed by atoms with E-state index in [1.54, 1.807) is 37.0 Å². The lowest BCUT2D eigenvalue weighted by Gasteiger charge is -2.26. The molecule has 52 heavy (non-hydrogen) atoms. The smallest absolute Gasteiger partial charge is 0.276 e. The molecule has 0 spiro atoms. The number of primary amides is 1. The summed E-state index contributed by atoms with van der Waals surface area (Å²) < 4.78 is 23.1. The number of allylic oxidation sites excluding steroid dienone is 2. The second kappa shape index (κ2) is 16.3. The van der Waals surface area contributed by atoms with Crippen LogP contribution in [-0.2, 0) is 30.9 Å². The van der Waals surface area contributed by atoms with Crippen LogP contribution in [0, 0.1) is 6.92 Å². The number of aromatic nitrogens is 6. The zero-order valence-corrected chi connectivity index (χ0v) is 30.1. The Morgan fingerprint density at radius 1 is 0.981 bits per heavy atom. The van der Waals surface area contributed by atoms with Gasteiger partial charge in [-0.15, -0.1) is 0 Å². The zero-order valence-electron chi connectivity index (χ0n) is 30.1. The predicted molar refractivity (Wildman–Crippen MR) is 199 cm³/mol. The van der Waals surface area contributed by atoms with Gasteiger partial charge in [0.1, 0.15) is 28.2 Å². The lowest BCUT2D eigenvalue weighted by atomic mass is 10.1. The standard InChI is InChI=1S/C36H47N11O5/c1-5-47-28(17-23(2)43-47)34(49)42-36-41-26-18-24(22-37)19-29(50-4)31(26)46(36)11-7-6-10-45-32-27(40-35(45)39-3)20-25(33(38)48)21-30(32)52-14-8-9-44-12-15-51-16-13-44/h6-7,17-21H,5,8-16,22,37H2,1-4H3,(H2,38,48)(H,39,40)(H,41,42,49)/b7-6+. The molecule has 2 amide bonds. The van der Waals surface area contributed by atoms with Crippen LogP contribution in [0.3, 0.4) is 0 Å². The molecule has 5 aromatic rings. The number of imidazole rings is 2. The number of hydrogen-bond donors (Lipinski definition) is 4. The normalized spacial score (nSPS) is 13.7. The molecule has 16 heteroatoms. The quantitative estimate of drug-likeness (QED) is 0.0867. The summed E-state index contributed by atoms with van der Waals surface area (Å²) >= 11 is 0. The summed E-state index contributed by atoms with van der Waals surface area (Å²) in [6, 6.07) is 8.89. The fourth-order valence-corrected chi connectivity index (χ4v) is 6.47. The highest BCUT2D eigenvalue weighted by atomic mass is 16.5. The van der Waals surface area contributed by atoms with Crippen molar-refractivity contribution in [2.24, 2.45) is 11.5 Å². The van der Waals surface area contributed by atoms with Gasteiger partial charge in [-0.25, -0.2) is 9.97 Å². The summed E-state index contributed by atoms with van der Waals surface area (Å²) in [6.07, 6.45) is 4.79. The highest BCUT2D eigenvalue weighted by molar-refractivity contribution is 6.03. The lowest BCUT2D eigenvalue weighted by Crippen LogP contribution is -2.37. The Morgan fingerprint density at radius 3 is 2.35 bits per heavy atom.